The quantitative estimate of drug-likeness (QED) is 0.937. The van der Waals surface area contributed by atoms with E-state index in [1.54, 1.807) is 6.20 Å². The molecule has 0 radical (unpaired) electrons. The Bertz CT molecular complexity index is 672. The molecule has 1 aliphatic carbocycles. The van der Waals surface area contributed by atoms with Gasteiger partial charge in [0.25, 0.3) is 0 Å². The number of fused-ring (bicyclic) bond motifs is 1. The zero-order valence-electron chi connectivity index (χ0n) is 12.1. The summed E-state index contributed by atoms with van der Waals surface area (Å²) in [6.07, 6.45) is 6.67. The molecule has 0 aliphatic heterocycles. The lowest BCUT2D eigenvalue weighted by atomic mass is 9.71. The molecule has 4 heteroatoms. The van der Waals surface area contributed by atoms with Gasteiger partial charge in [0.15, 0.2) is 5.69 Å². The van der Waals surface area contributed by atoms with E-state index in [1.807, 2.05) is 6.07 Å². The highest BCUT2D eigenvalue weighted by molar-refractivity contribution is 5.40. The summed E-state index contributed by atoms with van der Waals surface area (Å²) in [7, 11) is 0. The molecular formula is C17H18N4. The van der Waals surface area contributed by atoms with Crippen LogP contribution in [0, 0.1) is 11.3 Å². The highest BCUT2D eigenvalue weighted by atomic mass is 15.0. The molecule has 1 aliphatic rings. The summed E-state index contributed by atoms with van der Waals surface area (Å²) in [6.45, 7) is 3.12. The Morgan fingerprint density at radius 1 is 1.29 bits per heavy atom. The van der Waals surface area contributed by atoms with Crippen molar-refractivity contribution in [1.29, 1.82) is 5.26 Å². The van der Waals surface area contributed by atoms with Crippen molar-refractivity contribution >= 4 is 5.82 Å². The molecule has 0 spiro atoms. The fraction of sp³-hybridized carbons (Fsp3) is 0.353. The van der Waals surface area contributed by atoms with Crippen LogP contribution in [0.3, 0.4) is 0 Å². The van der Waals surface area contributed by atoms with Gasteiger partial charge in [-0.3, -0.25) is 0 Å². The SMILES string of the molecule is CC1(CNc2cnc(C#N)cn2)CCCc2ccccc21. The predicted molar refractivity (Wildman–Crippen MR) is 82.0 cm³/mol. The van der Waals surface area contributed by atoms with Crippen LogP contribution in [0.15, 0.2) is 36.7 Å². The molecule has 2 aromatic rings. The van der Waals surface area contributed by atoms with E-state index in [9.17, 15) is 0 Å². The van der Waals surface area contributed by atoms with Gasteiger partial charge in [0, 0.05) is 12.0 Å². The first-order chi connectivity index (χ1) is 10.2. The van der Waals surface area contributed by atoms with Crippen molar-refractivity contribution < 1.29 is 0 Å². The minimum atomic E-state index is 0.115. The van der Waals surface area contributed by atoms with E-state index < -0.39 is 0 Å². The Kier molecular flexibility index (Phi) is 3.57. The Labute approximate surface area is 124 Å². The first-order valence-electron chi connectivity index (χ1n) is 7.26. The van der Waals surface area contributed by atoms with E-state index in [0.29, 0.717) is 5.69 Å². The third-order valence-corrected chi connectivity index (χ3v) is 4.27. The second kappa shape index (κ2) is 5.53. The number of aryl methyl sites for hydroxylation is 1. The van der Waals surface area contributed by atoms with Crippen LogP contribution in [0.1, 0.15) is 36.6 Å². The Morgan fingerprint density at radius 2 is 2.14 bits per heavy atom. The van der Waals surface area contributed by atoms with Gasteiger partial charge in [0.1, 0.15) is 11.9 Å². The normalized spacial score (nSPS) is 20.4. The second-order valence-corrected chi connectivity index (χ2v) is 5.82. The van der Waals surface area contributed by atoms with Crippen LogP contribution in [0.2, 0.25) is 0 Å². The average molecular weight is 278 g/mol. The molecule has 0 saturated carbocycles. The highest BCUT2D eigenvalue weighted by Gasteiger charge is 2.31. The third-order valence-electron chi connectivity index (χ3n) is 4.27. The molecule has 21 heavy (non-hydrogen) atoms. The summed E-state index contributed by atoms with van der Waals surface area (Å²) in [5.41, 5.74) is 3.35. The lowest BCUT2D eigenvalue weighted by molar-refractivity contribution is 0.414. The van der Waals surface area contributed by atoms with Crippen LogP contribution in [0.4, 0.5) is 5.82 Å². The van der Waals surface area contributed by atoms with Crippen molar-refractivity contribution in [3.05, 3.63) is 53.5 Å². The number of nitriles is 1. The maximum atomic E-state index is 8.74. The van der Waals surface area contributed by atoms with E-state index in [2.05, 4.69) is 46.5 Å². The summed E-state index contributed by atoms with van der Waals surface area (Å²) < 4.78 is 0. The lowest BCUT2D eigenvalue weighted by Gasteiger charge is -2.36. The van der Waals surface area contributed by atoms with Gasteiger partial charge < -0.3 is 5.32 Å². The molecule has 0 saturated heterocycles. The predicted octanol–water partition coefficient (Wildman–Crippen LogP) is 3.05. The van der Waals surface area contributed by atoms with E-state index in [4.69, 9.17) is 5.26 Å². The molecule has 1 N–H and O–H groups in total. The minimum Gasteiger partial charge on any atom is -0.368 e. The molecular weight excluding hydrogens is 260 g/mol. The standard InChI is InChI=1S/C17H18N4/c1-17(8-4-6-13-5-2-3-7-15(13)17)12-21-16-11-19-14(9-18)10-20-16/h2-3,5,7,10-11H,4,6,8,12H2,1H3,(H,20,21). The number of anilines is 1. The summed E-state index contributed by atoms with van der Waals surface area (Å²) >= 11 is 0. The third kappa shape index (κ3) is 2.73. The number of benzene rings is 1. The van der Waals surface area contributed by atoms with Crippen LogP contribution in [-0.4, -0.2) is 16.5 Å². The Balaban J connectivity index is 1.77. The van der Waals surface area contributed by atoms with Crippen molar-refractivity contribution in [2.45, 2.75) is 31.6 Å². The number of nitrogens with zero attached hydrogens (tertiary/aromatic N) is 3. The average Bonchev–Trinajstić information content (AvgIpc) is 2.54. The van der Waals surface area contributed by atoms with E-state index in [-0.39, 0.29) is 5.41 Å². The van der Waals surface area contributed by atoms with Crippen molar-refractivity contribution in [3.63, 3.8) is 0 Å². The molecule has 1 aromatic heterocycles. The summed E-state index contributed by atoms with van der Waals surface area (Å²) in [5, 5.41) is 12.1. The van der Waals surface area contributed by atoms with E-state index in [0.717, 1.165) is 12.4 Å². The first-order valence-corrected chi connectivity index (χ1v) is 7.26. The largest absolute Gasteiger partial charge is 0.368 e. The van der Waals surface area contributed by atoms with Gasteiger partial charge in [0.2, 0.25) is 0 Å². The summed E-state index contributed by atoms with van der Waals surface area (Å²) in [4.78, 5) is 8.27. The molecule has 0 bridgehead atoms. The van der Waals surface area contributed by atoms with E-state index >= 15 is 0 Å². The monoisotopic (exact) mass is 278 g/mol. The Morgan fingerprint density at radius 3 is 2.90 bits per heavy atom. The number of hydrogen-bond acceptors (Lipinski definition) is 4. The zero-order chi connectivity index (χ0) is 14.7. The van der Waals surface area contributed by atoms with Crippen LogP contribution in [0.25, 0.3) is 0 Å². The number of nitrogens with one attached hydrogen (secondary N) is 1. The molecule has 3 rings (SSSR count). The molecule has 0 fully saturated rings. The molecule has 4 nitrogen and oxygen atoms in total. The highest BCUT2D eigenvalue weighted by Crippen LogP contribution is 2.37. The van der Waals surface area contributed by atoms with Crippen molar-refractivity contribution in [2.24, 2.45) is 0 Å². The van der Waals surface area contributed by atoms with Gasteiger partial charge in [-0.1, -0.05) is 31.2 Å². The first kappa shape index (κ1) is 13.6. The van der Waals surface area contributed by atoms with Gasteiger partial charge in [-0.15, -0.1) is 0 Å². The maximum absolute atomic E-state index is 8.74. The minimum absolute atomic E-state index is 0.115. The van der Waals surface area contributed by atoms with E-state index in [1.165, 1.54) is 36.6 Å². The number of hydrogen-bond donors (Lipinski definition) is 1. The summed E-state index contributed by atoms with van der Waals surface area (Å²) in [5.74, 6) is 0.721. The maximum Gasteiger partial charge on any atom is 0.158 e. The zero-order valence-corrected chi connectivity index (χ0v) is 12.1. The molecule has 106 valence electrons. The molecule has 1 unspecified atom stereocenters. The lowest BCUT2D eigenvalue weighted by Crippen LogP contribution is -2.35. The van der Waals surface area contributed by atoms with Crippen LogP contribution in [-0.2, 0) is 11.8 Å². The molecule has 1 heterocycles. The number of aromatic nitrogens is 2. The van der Waals surface area contributed by atoms with Gasteiger partial charge in [-0.25, -0.2) is 9.97 Å². The fourth-order valence-electron chi connectivity index (χ4n) is 3.08. The van der Waals surface area contributed by atoms with Crippen molar-refractivity contribution in [2.75, 3.05) is 11.9 Å². The second-order valence-electron chi connectivity index (χ2n) is 5.82. The summed E-state index contributed by atoms with van der Waals surface area (Å²) in [6, 6.07) is 10.7. The van der Waals surface area contributed by atoms with Crippen LogP contribution < -0.4 is 5.32 Å². The smallest absolute Gasteiger partial charge is 0.158 e. The number of rotatable bonds is 3. The van der Waals surface area contributed by atoms with Gasteiger partial charge >= 0.3 is 0 Å². The van der Waals surface area contributed by atoms with Gasteiger partial charge in [-0.05, 0) is 30.4 Å². The molecule has 1 aromatic carbocycles. The van der Waals surface area contributed by atoms with Crippen molar-refractivity contribution in [1.82, 2.24) is 9.97 Å². The van der Waals surface area contributed by atoms with Gasteiger partial charge in [-0.2, -0.15) is 5.26 Å². The molecule has 1 atom stereocenters. The molecule has 0 amide bonds. The van der Waals surface area contributed by atoms with Crippen LogP contribution in [0.5, 0.6) is 0 Å². The van der Waals surface area contributed by atoms with Crippen molar-refractivity contribution in [3.8, 4) is 6.07 Å². The topological polar surface area (TPSA) is 61.6 Å². The van der Waals surface area contributed by atoms with Crippen LogP contribution >= 0.6 is 0 Å². The Hall–Kier alpha value is -2.41. The fourth-order valence-corrected chi connectivity index (χ4v) is 3.08. The van der Waals surface area contributed by atoms with Gasteiger partial charge in [0.05, 0.1) is 12.4 Å².